The summed E-state index contributed by atoms with van der Waals surface area (Å²) in [5.41, 5.74) is 0.382. The van der Waals surface area contributed by atoms with Crippen LogP contribution in [0.5, 0.6) is 0 Å². The molecule has 1 atom stereocenters. The molecule has 1 unspecified atom stereocenters. The number of aryl methyl sites for hydroxylation is 1. The fraction of sp³-hybridized carbons (Fsp3) is 0.700. The van der Waals surface area contributed by atoms with Crippen LogP contribution in [0.15, 0.2) is 9.00 Å². The first-order chi connectivity index (χ1) is 8.34. The fourth-order valence-electron chi connectivity index (χ4n) is 1.79. The predicted molar refractivity (Wildman–Crippen MR) is 70.6 cm³/mol. The molecule has 0 radical (unpaired) electrons. The smallest absolute Gasteiger partial charge is 0.305 e. The Labute approximate surface area is 111 Å². The predicted octanol–water partition coefficient (Wildman–Crippen LogP) is 0.790. The molecule has 1 heterocycles. The number of aromatic nitrogens is 1. The number of nitrogens with zero attached hydrogens (tertiary/aromatic N) is 1. The van der Waals surface area contributed by atoms with Crippen molar-refractivity contribution in [2.45, 2.75) is 31.0 Å². The molecule has 0 bridgehead atoms. The third-order valence-electron chi connectivity index (χ3n) is 2.54. The van der Waals surface area contributed by atoms with Crippen molar-refractivity contribution >= 4 is 21.4 Å². The molecule has 18 heavy (non-hydrogen) atoms. The van der Waals surface area contributed by atoms with Crippen LogP contribution in [0.2, 0.25) is 0 Å². The van der Waals surface area contributed by atoms with Gasteiger partial charge in [0.2, 0.25) is 0 Å². The second-order valence-corrected chi connectivity index (χ2v) is 7.01. The normalized spacial score (nSPS) is 14.1. The Balaban J connectivity index is 3.19. The van der Waals surface area contributed by atoms with Crippen molar-refractivity contribution in [2.24, 2.45) is 0 Å². The third kappa shape index (κ3) is 3.00. The Morgan fingerprint density at radius 1 is 1.50 bits per heavy atom. The highest BCUT2D eigenvalue weighted by Gasteiger charge is 2.30. The first-order valence-electron chi connectivity index (χ1n) is 5.55. The van der Waals surface area contributed by atoms with Gasteiger partial charge in [0.1, 0.15) is 0 Å². The van der Waals surface area contributed by atoms with Crippen molar-refractivity contribution in [3.8, 4) is 0 Å². The molecule has 8 heteroatoms. The van der Waals surface area contributed by atoms with E-state index in [1.165, 1.54) is 11.4 Å². The van der Waals surface area contributed by atoms with Crippen molar-refractivity contribution in [2.75, 3.05) is 20.3 Å². The Kier molecular flexibility index (Phi) is 5.09. The van der Waals surface area contributed by atoms with Gasteiger partial charge < -0.3 is 9.72 Å². The SMILES string of the molecule is CCN(C(C)COC)S(=O)(=O)c1sc(=O)[nH]c1C. The van der Waals surface area contributed by atoms with Gasteiger partial charge in [-0.1, -0.05) is 18.3 Å². The van der Waals surface area contributed by atoms with Crippen molar-refractivity contribution in [1.29, 1.82) is 0 Å². The zero-order valence-electron chi connectivity index (χ0n) is 10.9. The molecule has 0 saturated heterocycles. The molecule has 0 fully saturated rings. The number of hydrogen-bond donors (Lipinski definition) is 1. The zero-order chi connectivity index (χ0) is 13.9. The molecule has 0 aromatic carbocycles. The molecular formula is C10H18N2O4S2. The van der Waals surface area contributed by atoms with Crippen LogP contribution in [-0.2, 0) is 14.8 Å². The molecule has 0 amide bonds. The molecule has 0 spiro atoms. The first-order valence-corrected chi connectivity index (χ1v) is 7.80. The quantitative estimate of drug-likeness (QED) is 0.841. The highest BCUT2D eigenvalue weighted by molar-refractivity contribution is 7.91. The summed E-state index contributed by atoms with van der Waals surface area (Å²) < 4.78 is 31.3. The molecule has 1 aromatic heterocycles. The monoisotopic (exact) mass is 294 g/mol. The van der Waals surface area contributed by atoms with Crippen LogP contribution < -0.4 is 4.87 Å². The number of sulfonamides is 1. The van der Waals surface area contributed by atoms with E-state index in [9.17, 15) is 13.2 Å². The number of thiazole rings is 1. The summed E-state index contributed by atoms with van der Waals surface area (Å²) in [7, 11) is -2.12. The lowest BCUT2D eigenvalue weighted by atomic mass is 10.4. The van der Waals surface area contributed by atoms with Crippen molar-refractivity contribution in [1.82, 2.24) is 9.29 Å². The van der Waals surface area contributed by atoms with Gasteiger partial charge in [0, 0.05) is 25.4 Å². The summed E-state index contributed by atoms with van der Waals surface area (Å²) in [5.74, 6) is 0. The van der Waals surface area contributed by atoms with Crippen LogP contribution in [0.3, 0.4) is 0 Å². The Hall–Kier alpha value is -0.700. The van der Waals surface area contributed by atoms with Crippen LogP contribution in [0.4, 0.5) is 0 Å². The van der Waals surface area contributed by atoms with Gasteiger partial charge in [0.15, 0.2) is 4.21 Å². The molecule has 1 aromatic rings. The number of ether oxygens (including phenoxy) is 1. The molecule has 1 N–H and O–H groups in total. The van der Waals surface area contributed by atoms with Gasteiger partial charge in [-0.2, -0.15) is 4.31 Å². The van der Waals surface area contributed by atoms with Gasteiger partial charge in [-0.25, -0.2) is 8.42 Å². The average molecular weight is 294 g/mol. The minimum Gasteiger partial charge on any atom is -0.383 e. The van der Waals surface area contributed by atoms with Crippen LogP contribution in [0.1, 0.15) is 19.5 Å². The highest BCUT2D eigenvalue weighted by atomic mass is 32.2. The Bertz CT molecular complexity index is 546. The minimum absolute atomic E-state index is 0.0808. The number of methoxy groups -OCH3 is 1. The summed E-state index contributed by atoms with van der Waals surface area (Å²) in [4.78, 5) is 13.3. The van der Waals surface area contributed by atoms with E-state index < -0.39 is 10.0 Å². The number of likely N-dealkylation sites (N-methyl/N-ethyl adjacent to an activating group) is 1. The van der Waals surface area contributed by atoms with Crippen molar-refractivity contribution in [3.05, 3.63) is 15.4 Å². The standard InChI is InChI=1S/C10H18N2O4S2/c1-5-12(7(2)6-16-4)18(14,15)9-8(3)11-10(13)17-9/h7H,5-6H2,1-4H3,(H,11,13). The summed E-state index contributed by atoms with van der Waals surface area (Å²) in [5, 5.41) is 0. The van der Waals surface area contributed by atoms with E-state index in [-0.39, 0.29) is 15.1 Å². The van der Waals surface area contributed by atoms with Crippen molar-refractivity contribution in [3.63, 3.8) is 0 Å². The van der Waals surface area contributed by atoms with Crippen molar-refractivity contribution < 1.29 is 13.2 Å². The van der Waals surface area contributed by atoms with Gasteiger partial charge in [-0.15, -0.1) is 0 Å². The Morgan fingerprint density at radius 2 is 2.11 bits per heavy atom. The summed E-state index contributed by atoms with van der Waals surface area (Å²) in [6, 6.07) is -0.276. The lowest BCUT2D eigenvalue weighted by Crippen LogP contribution is -2.40. The maximum Gasteiger partial charge on any atom is 0.305 e. The minimum atomic E-state index is -3.64. The second kappa shape index (κ2) is 5.96. The van der Waals surface area contributed by atoms with E-state index in [0.29, 0.717) is 18.8 Å². The molecular weight excluding hydrogens is 276 g/mol. The van der Waals surface area contributed by atoms with E-state index in [2.05, 4.69) is 4.98 Å². The van der Waals surface area contributed by atoms with E-state index in [1.807, 2.05) is 0 Å². The first kappa shape index (κ1) is 15.4. The van der Waals surface area contributed by atoms with Gasteiger partial charge in [0.25, 0.3) is 10.0 Å². The maximum absolute atomic E-state index is 12.4. The number of nitrogens with one attached hydrogen (secondary N) is 1. The number of rotatable bonds is 6. The van der Waals surface area contributed by atoms with E-state index in [4.69, 9.17) is 4.74 Å². The van der Waals surface area contributed by atoms with E-state index in [0.717, 1.165) is 11.3 Å². The number of hydrogen-bond acceptors (Lipinski definition) is 5. The van der Waals surface area contributed by atoms with Crippen LogP contribution in [0, 0.1) is 6.92 Å². The van der Waals surface area contributed by atoms with Gasteiger partial charge >= 0.3 is 4.87 Å². The van der Waals surface area contributed by atoms with Gasteiger partial charge in [0.05, 0.1) is 6.61 Å². The van der Waals surface area contributed by atoms with E-state index >= 15 is 0 Å². The van der Waals surface area contributed by atoms with Crippen LogP contribution in [-0.4, -0.2) is 44.0 Å². The molecule has 0 aliphatic rings. The van der Waals surface area contributed by atoms with Crippen LogP contribution in [0.25, 0.3) is 0 Å². The lowest BCUT2D eigenvalue weighted by Gasteiger charge is -2.26. The summed E-state index contributed by atoms with van der Waals surface area (Å²) in [6.07, 6.45) is 0. The third-order valence-corrected chi connectivity index (χ3v) is 6.21. The molecule has 0 aliphatic heterocycles. The average Bonchev–Trinajstić information content (AvgIpc) is 2.59. The maximum atomic E-state index is 12.4. The number of H-pyrrole nitrogens is 1. The molecule has 104 valence electrons. The topological polar surface area (TPSA) is 79.5 Å². The zero-order valence-corrected chi connectivity index (χ0v) is 12.5. The van der Waals surface area contributed by atoms with Crippen LogP contribution >= 0.6 is 11.3 Å². The molecule has 6 nitrogen and oxygen atoms in total. The molecule has 0 saturated carbocycles. The summed E-state index contributed by atoms with van der Waals surface area (Å²) >= 11 is 0.719. The second-order valence-electron chi connectivity index (χ2n) is 3.94. The lowest BCUT2D eigenvalue weighted by molar-refractivity contribution is 0.143. The number of aromatic amines is 1. The fourth-order valence-corrected chi connectivity index (χ4v) is 4.82. The van der Waals surface area contributed by atoms with E-state index in [1.54, 1.807) is 20.8 Å². The van der Waals surface area contributed by atoms with Gasteiger partial charge in [-0.05, 0) is 13.8 Å². The highest BCUT2D eigenvalue weighted by Crippen LogP contribution is 2.22. The largest absolute Gasteiger partial charge is 0.383 e. The summed E-state index contributed by atoms with van der Waals surface area (Å²) in [6.45, 7) is 5.76. The molecule has 0 aliphatic carbocycles. The Morgan fingerprint density at radius 3 is 2.50 bits per heavy atom. The van der Waals surface area contributed by atoms with Gasteiger partial charge in [-0.3, -0.25) is 4.79 Å². The molecule has 1 rings (SSSR count).